The minimum Gasteiger partial charge on any atom is -0.465 e. The molecular formula is C13H16ClN3O2. The summed E-state index contributed by atoms with van der Waals surface area (Å²) in [5.41, 5.74) is 0.703. The summed E-state index contributed by atoms with van der Waals surface area (Å²) in [5, 5.41) is 3.86. The molecule has 0 unspecified atom stereocenters. The van der Waals surface area contributed by atoms with Gasteiger partial charge in [0, 0.05) is 25.2 Å². The van der Waals surface area contributed by atoms with Crippen molar-refractivity contribution in [2.75, 3.05) is 31.6 Å². The fraction of sp³-hybridized carbons (Fsp3) is 0.538. The van der Waals surface area contributed by atoms with Gasteiger partial charge in [0.1, 0.15) is 11.0 Å². The first kappa shape index (κ1) is 12.7. The monoisotopic (exact) mass is 281 g/mol. The van der Waals surface area contributed by atoms with Crippen LogP contribution in [0.1, 0.15) is 23.2 Å². The van der Waals surface area contributed by atoms with E-state index in [1.807, 2.05) is 0 Å². The molecule has 3 rings (SSSR count). The van der Waals surface area contributed by atoms with Crippen LogP contribution in [-0.2, 0) is 4.74 Å². The van der Waals surface area contributed by atoms with E-state index >= 15 is 0 Å². The molecule has 0 aromatic carbocycles. The molecule has 1 saturated carbocycles. The summed E-state index contributed by atoms with van der Waals surface area (Å²) in [5.74, 6) is 0.363. The molecule has 0 bridgehead atoms. The van der Waals surface area contributed by atoms with Crippen LogP contribution in [-0.4, -0.2) is 43.2 Å². The Morgan fingerprint density at radius 1 is 1.53 bits per heavy atom. The van der Waals surface area contributed by atoms with E-state index in [9.17, 15) is 4.79 Å². The Kier molecular flexibility index (Phi) is 3.11. The molecule has 6 heteroatoms. The third-order valence-electron chi connectivity index (χ3n) is 3.75. The number of hydrogen-bond acceptors (Lipinski definition) is 5. The molecule has 2 fully saturated rings. The molecule has 0 radical (unpaired) electrons. The van der Waals surface area contributed by atoms with Crippen LogP contribution in [0.15, 0.2) is 12.1 Å². The van der Waals surface area contributed by atoms with Gasteiger partial charge in [0.25, 0.3) is 0 Å². The van der Waals surface area contributed by atoms with E-state index < -0.39 is 0 Å². The van der Waals surface area contributed by atoms with Gasteiger partial charge < -0.3 is 15.0 Å². The van der Waals surface area contributed by atoms with Gasteiger partial charge in [-0.05, 0) is 25.0 Å². The number of esters is 1. The zero-order chi connectivity index (χ0) is 13.5. The maximum Gasteiger partial charge on any atom is 0.338 e. The molecule has 102 valence electrons. The minimum atomic E-state index is -0.387. The van der Waals surface area contributed by atoms with Crippen molar-refractivity contribution in [1.82, 2.24) is 10.3 Å². The summed E-state index contributed by atoms with van der Waals surface area (Å²) in [7, 11) is 1.36. The number of aromatic nitrogens is 1. The number of anilines is 1. The number of nitrogens with zero attached hydrogens (tertiary/aromatic N) is 2. The summed E-state index contributed by atoms with van der Waals surface area (Å²) >= 11 is 6.00. The number of methoxy groups -OCH3 is 1. The van der Waals surface area contributed by atoms with E-state index in [0.29, 0.717) is 10.7 Å². The van der Waals surface area contributed by atoms with E-state index in [1.54, 1.807) is 6.07 Å². The van der Waals surface area contributed by atoms with Crippen molar-refractivity contribution in [1.29, 1.82) is 0 Å². The summed E-state index contributed by atoms with van der Waals surface area (Å²) in [4.78, 5) is 18.1. The number of ether oxygens (including phenoxy) is 1. The zero-order valence-corrected chi connectivity index (χ0v) is 11.5. The van der Waals surface area contributed by atoms with Gasteiger partial charge in [-0.1, -0.05) is 11.6 Å². The van der Waals surface area contributed by atoms with Crippen LogP contribution < -0.4 is 10.2 Å². The normalized spacial score (nSPS) is 20.4. The Balaban J connectivity index is 1.87. The first-order valence-corrected chi connectivity index (χ1v) is 6.76. The highest BCUT2D eigenvalue weighted by Crippen LogP contribution is 2.38. The van der Waals surface area contributed by atoms with Crippen molar-refractivity contribution in [3.63, 3.8) is 0 Å². The Labute approximate surface area is 116 Å². The Morgan fingerprint density at radius 2 is 2.32 bits per heavy atom. The molecule has 1 N–H and O–H groups in total. The first-order valence-electron chi connectivity index (χ1n) is 6.38. The summed E-state index contributed by atoms with van der Waals surface area (Å²) in [6.07, 6.45) is 2.40. The quantitative estimate of drug-likeness (QED) is 0.657. The topological polar surface area (TPSA) is 54.5 Å². The summed E-state index contributed by atoms with van der Waals surface area (Å²) in [6, 6.07) is 3.28. The van der Waals surface area contributed by atoms with Crippen molar-refractivity contribution in [3.8, 4) is 0 Å². The maximum absolute atomic E-state index is 11.6. The Bertz CT molecular complexity index is 517. The van der Waals surface area contributed by atoms with Crippen molar-refractivity contribution >= 4 is 23.4 Å². The Hall–Kier alpha value is -1.33. The second-order valence-electron chi connectivity index (χ2n) is 5.16. The van der Waals surface area contributed by atoms with Crippen LogP contribution in [0.25, 0.3) is 0 Å². The van der Waals surface area contributed by atoms with E-state index in [2.05, 4.69) is 15.2 Å². The zero-order valence-electron chi connectivity index (χ0n) is 10.8. The Morgan fingerprint density at radius 3 is 3.00 bits per heavy atom. The molecule has 1 spiro atoms. The maximum atomic E-state index is 11.6. The lowest BCUT2D eigenvalue weighted by atomic mass is 10.1. The lowest BCUT2D eigenvalue weighted by molar-refractivity contribution is 0.0600. The highest BCUT2D eigenvalue weighted by Gasteiger charge is 2.45. The molecule has 1 aromatic heterocycles. The van der Waals surface area contributed by atoms with Gasteiger partial charge in [0.15, 0.2) is 0 Å². The van der Waals surface area contributed by atoms with Gasteiger partial charge in [-0.25, -0.2) is 9.78 Å². The van der Waals surface area contributed by atoms with Crippen LogP contribution in [0.4, 0.5) is 5.82 Å². The van der Waals surface area contributed by atoms with Crippen LogP contribution >= 0.6 is 11.6 Å². The highest BCUT2D eigenvalue weighted by atomic mass is 35.5. The number of rotatable bonds is 2. The number of carbonyl (C=O) groups excluding carboxylic acids is 1. The van der Waals surface area contributed by atoms with Gasteiger partial charge >= 0.3 is 5.97 Å². The van der Waals surface area contributed by atoms with Crippen molar-refractivity contribution in [3.05, 3.63) is 22.8 Å². The van der Waals surface area contributed by atoms with Crippen molar-refractivity contribution in [2.45, 2.75) is 18.4 Å². The standard InChI is InChI=1S/C13H16ClN3O2/c1-19-12(18)9-6-10(14)16-11(7-9)17-5-4-15-13(8-17)2-3-13/h6-7,15H,2-5,8H2,1H3. The fourth-order valence-corrected chi connectivity index (χ4v) is 2.72. The number of piperazine rings is 1. The second-order valence-corrected chi connectivity index (χ2v) is 5.54. The number of halogens is 1. The summed E-state index contributed by atoms with van der Waals surface area (Å²) < 4.78 is 4.73. The molecule has 1 aliphatic carbocycles. The largest absolute Gasteiger partial charge is 0.465 e. The highest BCUT2D eigenvalue weighted by molar-refractivity contribution is 6.29. The third kappa shape index (κ3) is 2.53. The molecule has 1 aromatic rings. The lowest BCUT2D eigenvalue weighted by Crippen LogP contribution is -2.52. The average Bonchev–Trinajstić information content (AvgIpc) is 3.16. The van der Waals surface area contributed by atoms with E-state index in [0.717, 1.165) is 25.5 Å². The molecule has 0 amide bonds. The SMILES string of the molecule is COC(=O)c1cc(Cl)nc(N2CCNC3(CC3)C2)c1. The van der Waals surface area contributed by atoms with Crippen LogP contribution in [0, 0.1) is 0 Å². The summed E-state index contributed by atoms with van der Waals surface area (Å²) in [6.45, 7) is 2.72. The molecule has 1 saturated heterocycles. The van der Waals surface area contributed by atoms with Gasteiger partial charge in [-0.2, -0.15) is 0 Å². The lowest BCUT2D eigenvalue weighted by Gasteiger charge is -2.35. The number of hydrogen-bond donors (Lipinski definition) is 1. The van der Waals surface area contributed by atoms with Gasteiger partial charge in [0.05, 0.1) is 12.7 Å². The van der Waals surface area contributed by atoms with Crippen LogP contribution in [0.5, 0.6) is 0 Å². The molecule has 5 nitrogen and oxygen atoms in total. The number of pyridine rings is 1. The predicted molar refractivity (Wildman–Crippen MR) is 72.8 cm³/mol. The average molecular weight is 282 g/mol. The van der Waals surface area contributed by atoms with Crippen molar-refractivity contribution < 1.29 is 9.53 Å². The molecule has 0 atom stereocenters. The predicted octanol–water partition coefficient (Wildman–Crippen LogP) is 1.46. The number of carbonyl (C=O) groups is 1. The van der Waals surface area contributed by atoms with E-state index in [-0.39, 0.29) is 11.5 Å². The number of nitrogens with one attached hydrogen (secondary N) is 1. The third-order valence-corrected chi connectivity index (χ3v) is 3.95. The molecular weight excluding hydrogens is 266 g/mol. The molecule has 19 heavy (non-hydrogen) atoms. The van der Waals surface area contributed by atoms with Gasteiger partial charge in [-0.15, -0.1) is 0 Å². The molecule has 2 aliphatic rings. The van der Waals surface area contributed by atoms with E-state index in [4.69, 9.17) is 16.3 Å². The molecule has 1 aliphatic heterocycles. The van der Waals surface area contributed by atoms with Crippen LogP contribution in [0.2, 0.25) is 5.15 Å². The van der Waals surface area contributed by atoms with Crippen LogP contribution in [0.3, 0.4) is 0 Å². The minimum absolute atomic E-state index is 0.258. The van der Waals surface area contributed by atoms with Crippen molar-refractivity contribution in [2.24, 2.45) is 0 Å². The van der Waals surface area contributed by atoms with E-state index in [1.165, 1.54) is 26.0 Å². The molecule has 2 heterocycles. The second kappa shape index (κ2) is 4.65. The smallest absolute Gasteiger partial charge is 0.338 e. The fourth-order valence-electron chi connectivity index (χ4n) is 2.52. The van der Waals surface area contributed by atoms with Gasteiger partial charge in [0.2, 0.25) is 0 Å². The first-order chi connectivity index (χ1) is 9.12. The van der Waals surface area contributed by atoms with Gasteiger partial charge in [-0.3, -0.25) is 0 Å².